The van der Waals surface area contributed by atoms with Crippen LogP contribution in [-0.2, 0) is 19.1 Å². The summed E-state index contributed by atoms with van der Waals surface area (Å²) in [5, 5.41) is 0. The van der Waals surface area contributed by atoms with E-state index >= 15 is 0 Å². The molecule has 0 aromatic carbocycles. The van der Waals surface area contributed by atoms with E-state index in [1.54, 1.807) is 0 Å². The number of hydrogen-bond donors (Lipinski definition) is 0. The first kappa shape index (κ1) is 15.6. The highest BCUT2D eigenvalue weighted by Gasteiger charge is 2.02. The minimum atomic E-state index is -0.188. The van der Waals surface area contributed by atoms with Crippen molar-refractivity contribution in [3.8, 4) is 0 Å². The van der Waals surface area contributed by atoms with Crippen LogP contribution in [0.2, 0.25) is 0 Å². The normalized spacial score (nSPS) is 9.88. The van der Waals surface area contributed by atoms with Crippen molar-refractivity contribution in [2.24, 2.45) is 0 Å². The lowest BCUT2D eigenvalue weighted by Crippen LogP contribution is -2.11. The van der Waals surface area contributed by atoms with Crippen molar-refractivity contribution in [2.75, 3.05) is 37.2 Å². The lowest BCUT2D eigenvalue weighted by molar-refractivity contribution is -0.142. The smallest absolute Gasteiger partial charge is 0.315 e. The Morgan fingerprint density at radius 1 is 0.875 bits per heavy atom. The van der Waals surface area contributed by atoms with E-state index in [0.29, 0.717) is 24.7 Å². The second-order valence-corrected chi connectivity index (χ2v) is 4.75. The summed E-state index contributed by atoms with van der Waals surface area (Å²) < 4.78 is 9.87. The Balaban J connectivity index is 3.21. The van der Waals surface area contributed by atoms with E-state index in [1.807, 2.05) is 12.5 Å². The Hall–Kier alpha value is -0.360. The van der Waals surface area contributed by atoms with Crippen molar-refractivity contribution in [1.82, 2.24) is 0 Å². The molecule has 0 N–H and O–H groups in total. The molecule has 94 valence electrons. The maximum Gasteiger partial charge on any atom is 0.315 e. The predicted molar refractivity (Wildman–Crippen MR) is 67.9 cm³/mol. The fraction of sp³-hybridized carbons (Fsp3) is 0.800. The fourth-order valence-corrected chi connectivity index (χ4v) is 1.53. The molecule has 0 amide bonds. The van der Waals surface area contributed by atoms with Gasteiger partial charge in [-0.15, -0.1) is 0 Å². The van der Waals surface area contributed by atoms with Gasteiger partial charge in [0.15, 0.2) is 0 Å². The molecule has 0 unspecified atom stereocenters. The zero-order valence-corrected chi connectivity index (χ0v) is 11.3. The van der Waals surface area contributed by atoms with Crippen LogP contribution in [0.3, 0.4) is 0 Å². The first-order valence-corrected chi connectivity index (χ1v) is 7.78. The van der Waals surface area contributed by atoms with Gasteiger partial charge in [0.1, 0.15) is 0 Å². The highest BCUT2D eigenvalue weighted by Crippen LogP contribution is 1.98. The Morgan fingerprint density at radius 3 is 1.56 bits per heavy atom. The summed E-state index contributed by atoms with van der Waals surface area (Å²) in [6, 6.07) is 0. The summed E-state index contributed by atoms with van der Waals surface area (Å²) in [6.45, 7) is 0.805. The quantitative estimate of drug-likeness (QED) is 0.466. The minimum absolute atomic E-state index is 0.188. The molecule has 0 aromatic rings. The standard InChI is InChI=1S/C10H18O4S2/c1-15-7-9(11)13-5-3-4-6-14-10(12)8-16-2/h3-8H2,1-2H3. The summed E-state index contributed by atoms with van der Waals surface area (Å²) in [5.74, 6) is 0.407. The van der Waals surface area contributed by atoms with Gasteiger partial charge in [-0.05, 0) is 25.4 Å². The molecule has 0 spiro atoms. The van der Waals surface area contributed by atoms with Crippen LogP contribution in [-0.4, -0.2) is 49.2 Å². The third kappa shape index (κ3) is 10.2. The van der Waals surface area contributed by atoms with Gasteiger partial charge in [-0.3, -0.25) is 9.59 Å². The fourth-order valence-electron chi connectivity index (χ4n) is 0.895. The number of hydrogen-bond acceptors (Lipinski definition) is 6. The Kier molecular flexibility index (Phi) is 10.9. The molecule has 0 aliphatic rings. The Labute approximate surface area is 105 Å². The molecule has 0 heterocycles. The average molecular weight is 266 g/mol. The number of rotatable bonds is 9. The van der Waals surface area contributed by atoms with Gasteiger partial charge in [0, 0.05) is 0 Å². The molecule has 0 atom stereocenters. The molecule has 0 radical (unpaired) electrons. The molecule has 0 aromatic heterocycles. The summed E-state index contributed by atoms with van der Waals surface area (Å²) >= 11 is 2.88. The van der Waals surface area contributed by atoms with Gasteiger partial charge >= 0.3 is 11.9 Å². The Morgan fingerprint density at radius 2 is 1.25 bits per heavy atom. The largest absolute Gasteiger partial charge is 0.465 e. The molecule has 0 fully saturated rings. The molecular formula is C10H18O4S2. The van der Waals surface area contributed by atoms with Crippen molar-refractivity contribution in [3.05, 3.63) is 0 Å². The van der Waals surface area contributed by atoms with Crippen LogP contribution in [0.4, 0.5) is 0 Å². The third-order valence-electron chi connectivity index (χ3n) is 1.59. The van der Waals surface area contributed by atoms with Gasteiger partial charge in [-0.2, -0.15) is 23.5 Å². The molecule has 0 aliphatic heterocycles. The molecule has 4 nitrogen and oxygen atoms in total. The van der Waals surface area contributed by atoms with Gasteiger partial charge in [-0.1, -0.05) is 0 Å². The number of thioether (sulfide) groups is 2. The zero-order valence-electron chi connectivity index (χ0n) is 9.69. The van der Waals surface area contributed by atoms with Crippen molar-refractivity contribution in [1.29, 1.82) is 0 Å². The lowest BCUT2D eigenvalue weighted by Gasteiger charge is -2.05. The van der Waals surface area contributed by atoms with Gasteiger partial charge in [0.25, 0.3) is 0 Å². The first-order valence-electron chi connectivity index (χ1n) is 4.99. The molecule has 16 heavy (non-hydrogen) atoms. The van der Waals surface area contributed by atoms with E-state index in [1.165, 1.54) is 23.5 Å². The molecule has 0 saturated heterocycles. The van der Waals surface area contributed by atoms with E-state index in [2.05, 4.69) is 0 Å². The van der Waals surface area contributed by atoms with Crippen LogP contribution in [0, 0.1) is 0 Å². The molecule has 6 heteroatoms. The van der Waals surface area contributed by atoms with E-state index in [-0.39, 0.29) is 11.9 Å². The van der Waals surface area contributed by atoms with E-state index in [0.717, 1.165) is 12.8 Å². The second kappa shape index (κ2) is 11.1. The number of ether oxygens (including phenoxy) is 2. The van der Waals surface area contributed by atoms with E-state index in [4.69, 9.17) is 9.47 Å². The summed E-state index contributed by atoms with van der Waals surface area (Å²) in [7, 11) is 0. The van der Waals surface area contributed by atoms with Gasteiger partial charge in [-0.25, -0.2) is 0 Å². The molecule has 0 aliphatic carbocycles. The van der Waals surface area contributed by atoms with Crippen molar-refractivity contribution >= 4 is 35.5 Å². The number of esters is 2. The van der Waals surface area contributed by atoms with Crippen LogP contribution in [0.15, 0.2) is 0 Å². The highest BCUT2D eigenvalue weighted by atomic mass is 32.2. The molecule has 0 rings (SSSR count). The first-order chi connectivity index (χ1) is 7.70. The van der Waals surface area contributed by atoms with Crippen LogP contribution in [0.1, 0.15) is 12.8 Å². The van der Waals surface area contributed by atoms with E-state index < -0.39 is 0 Å². The minimum Gasteiger partial charge on any atom is -0.465 e. The van der Waals surface area contributed by atoms with Crippen molar-refractivity contribution in [2.45, 2.75) is 12.8 Å². The van der Waals surface area contributed by atoms with Gasteiger partial charge in [0.05, 0.1) is 24.7 Å². The molecule has 0 bridgehead atoms. The molecular weight excluding hydrogens is 248 g/mol. The molecule has 0 saturated carbocycles. The van der Waals surface area contributed by atoms with Crippen molar-refractivity contribution < 1.29 is 19.1 Å². The maximum absolute atomic E-state index is 10.9. The summed E-state index contributed by atoms with van der Waals surface area (Å²) in [6.07, 6.45) is 5.16. The van der Waals surface area contributed by atoms with Crippen LogP contribution in [0.5, 0.6) is 0 Å². The second-order valence-electron chi connectivity index (χ2n) is 3.01. The predicted octanol–water partition coefficient (Wildman–Crippen LogP) is 1.58. The summed E-state index contributed by atoms with van der Waals surface area (Å²) in [4.78, 5) is 21.9. The monoisotopic (exact) mass is 266 g/mol. The van der Waals surface area contributed by atoms with Gasteiger partial charge in [0.2, 0.25) is 0 Å². The lowest BCUT2D eigenvalue weighted by atomic mass is 10.3. The highest BCUT2D eigenvalue weighted by molar-refractivity contribution is 7.99. The van der Waals surface area contributed by atoms with Gasteiger partial charge < -0.3 is 9.47 Å². The van der Waals surface area contributed by atoms with Crippen LogP contribution in [0.25, 0.3) is 0 Å². The third-order valence-corrected chi connectivity index (χ3v) is 2.64. The van der Waals surface area contributed by atoms with Crippen LogP contribution < -0.4 is 0 Å². The zero-order chi connectivity index (χ0) is 12.2. The van der Waals surface area contributed by atoms with Crippen LogP contribution >= 0.6 is 23.5 Å². The Bertz CT molecular complexity index is 187. The summed E-state index contributed by atoms with van der Waals surface area (Å²) in [5.41, 5.74) is 0. The topological polar surface area (TPSA) is 52.6 Å². The van der Waals surface area contributed by atoms with Crippen molar-refractivity contribution in [3.63, 3.8) is 0 Å². The van der Waals surface area contributed by atoms with E-state index in [9.17, 15) is 9.59 Å². The maximum atomic E-state index is 10.9. The number of carbonyl (C=O) groups excluding carboxylic acids is 2. The average Bonchev–Trinajstić information content (AvgIpc) is 2.24. The number of unbranched alkanes of at least 4 members (excludes halogenated alkanes) is 1. The number of carbonyl (C=O) groups is 2. The SMILES string of the molecule is CSCC(=O)OCCCCOC(=O)CSC.